The van der Waals surface area contributed by atoms with Crippen molar-refractivity contribution in [2.24, 2.45) is 0 Å². The maximum absolute atomic E-state index is 14.0. The molecule has 1 aliphatic carbocycles. The molecule has 44 heavy (non-hydrogen) atoms. The summed E-state index contributed by atoms with van der Waals surface area (Å²) in [7, 11) is 4.48. The number of hydrogen-bond donors (Lipinski definition) is 1. The third-order valence-electron chi connectivity index (χ3n) is 7.92. The Balaban J connectivity index is 1.45. The van der Waals surface area contributed by atoms with Crippen molar-refractivity contribution in [3.8, 4) is 17.2 Å². The van der Waals surface area contributed by atoms with Crippen LogP contribution in [0, 0.1) is 0 Å². The number of methoxy groups -OCH3 is 3. The number of carbonyl (C=O) groups excluding carboxylic acids is 3. The van der Waals surface area contributed by atoms with E-state index in [4.69, 9.17) is 23.7 Å². The zero-order valence-corrected chi connectivity index (χ0v) is 25.2. The second-order valence-electron chi connectivity index (χ2n) is 10.5. The normalized spacial score (nSPS) is 17.8. The second-order valence-corrected chi connectivity index (χ2v) is 10.5. The summed E-state index contributed by atoms with van der Waals surface area (Å²) in [5.74, 6) is -0.00512. The van der Waals surface area contributed by atoms with Gasteiger partial charge < -0.3 is 29.0 Å². The molecule has 3 aromatic carbocycles. The van der Waals surface area contributed by atoms with E-state index in [0.717, 1.165) is 11.3 Å². The molecule has 9 nitrogen and oxygen atoms in total. The maximum Gasteiger partial charge on any atom is 0.337 e. The van der Waals surface area contributed by atoms with Crippen molar-refractivity contribution in [3.05, 3.63) is 112 Å². The molecule has 228 valence electrons. The van der Waals surface area contributed by atoms with Crippen LogP contribution in [0.2, 0.25) is 0 Å². The van der Waals surface area contributed by atoms with Gasteiger partial charge in [-0.15, -0.1) is 0 Å². The standard InChI is InChI=1S/C35H35NO8/c1-21-31(35(39)44-17-16-43-26-8-6-5-7-9-26)32(22-10-12-23(13-11-22)34(38)42-4)33-27(36-21)18-25(19-28(33)37)24-14-15-29(40-2)30(20-24)41-3/h5-15,20,25,32,36H,16-19H2,1-4H3/t25-,32+/m0/s1. The van der Waals surface area contributed by atoms with Gasteiger partial charge in [-0.2, -0.15) is 0 Å². The van der Waals surface area contributed by atoms with E-state index in [1.54, 1.807) is 45.4 Å². The largest absolute Gasteiger partial charge is 0.493 e. The molecule has 2 aliphatic rings. The van der Waals surface area contributed by atoms with Crippen LogP contribution in [0.1, 0.15) is 53.1 Å². The first-order valence-electron chi connectivity index (χ1n) is 14.3. The number of para-hydroxylation sites is 1. The zero-order chi connectivity index (χ0) is 31.2. The monoisotopic (exact) mass is 597 g/mol. The predicted molar refractivity (Wildman–Crippen MR) is 163 cm³/mol. The van der Waals surface area contributed by atoms with Crippen molar-refractivity contribution in [2.45, 2.75) is 31.6 Å². The molecule has 1 heterocycles. The molecule has 5 rings (SSSR count). The maximum atomic E-state index is 14.0. The quantitative estimate of drug-likeness (QED) is 0.240. The topological polar surface area (TPSA) is 109 Å². The van der Waals surface area contributed by atoms with E-state index in [-0.39, 0.29) is 31.3 Å². The van der Waals surface area contributed by atoms with Gasteiger partial charge in [0.05, 0.1) is 32.5 Å². The lowest BCUT2D eigenvalue weighted by Crippen LogP contribution is -2.36. The zero-order valence-electron chi connectivity index (χ0n) is 25.2. The van der Waals surface area contributed by atoms with Gasteiger partial charge in [0.2, 0.25) is 0 Å². The van der Waals surface area contributed by atoms with Gasteiger partial charge in [0.25, 0.3) is 0 Å². The molecule has 1 aliphatic heterocycles. The van der Waals surface area contributed by atoms with Crippen molar-refractivity contribution in [1.29, 1.82) is 0 Å². The van der Waals surface area contributed by atoms with Gasteiger partial charge in [0, 0.05) is 29.3 Å². The Morgan fingerprint density at radius 3 is 2.20 bits per heavy atom. The first kappa shape index (κ1) is 30.4. The number of hydrogen-bond acceptors (Lipinski definition) is 9. The lowest BCUT2D eigenvalue weighted by molar-refractivity contribution is -0.140. The first-order chi connectivity index (χ1) is 21.3. The van der Waals surface area contributed by atoms with E-state index < -0.39 is 17.9 Å². The number of dihydropyridines is 1. The Morgan fingerprint density at radius 1 is 0.818 bits per heavy atom. The lowest BCUT2D eigenvalue weighted by Gasteiger charge is -2.36. The minimum Gasteiger partial charge on any atom is -0.493 e. The van der Waals surface area contributed by atoms with E-state index in [2.05, 4.69) is 5.32 Å². The van der Waals surface area contributed by atoms with Crippen LogP contribution in [-0.4, -0.2) is 52.3 Å². The summed E-state index contributed by atoms with van der Waals surface area (Å²) in [5, 5.41) is 3.36. The molecule has 0 saturated carbocycles. The summed E-state index contributed by atoms with van der Waals surface area (Å²) in [6.07, 6.45) is 0.802. The Kier molecular flexibility index (Phi) is 9.33. The second kappa shape index (κ2) is 13.5. The number of rotatable bonds is 10. The number of Topliss-reactive ketones (excluding diaryl/α,β-unsaturated/α-hetero) is 1. The van der Waals surface area contributed by atoms with Crippen LogP contribution in [0.3, 0.4) is 0 Å². The Bertz CT molecular complexity index is 1610. The highest BCUT2D eigenvalue weighted by molar-refractivity contribution is 6.04. The summed E-state index contributed by atoms with van der Waals surface area (Å²) >= 11 is 0. The Labute approximate surface area is 256 Å². The van der Waals surface area contributed by atoms with Gasteiger partial charge in [-0.05, 0) is 66.8 Å². The number of allylic oxidation sites excluding steroid dienone is 3. The average Bonchev–Trinajstić information content (AvgIpc) is 3.05. The molecule has 0 saturated heterocycles. The minimum absolute atomic E-state index is 0.0275. The summed E-state index contributed by atoms with van der Waals surface area (Å²) in [6.45, 7) is 2.01. The summed E-state index contributed by atoms with van der Waals surface area (Å²) in [4.78, 5) is 39.7. The molecule has 0 bridgehead atoms. The number of carbonyl (C=O) groups is 3. The average molecular weight is 598 g/mol. The van der Waals surface area contributed by atoms with E-state index in [9.17, 15) is 14.4 Å². The van der Waals surface area contributed by atoms with E-state index in [0.29, 0.717) is 51.6 Å². The van der Waals surface area contributed by atoms with Gasteiger partial charge in [0.15, 0.2) is 17.3 Å². The molecule has 3 aromatic rings. The Morgan fingerprint density at radius 2 is 1.52 bits per heavy atom. The minimum atomic E-state index is -0.681. The molecule has 0 fully saturated rings. The van der Waals surface area contributed by atoms with Gasteiger partial charge in [-0.25, -0.2) is 9.59 Å². The molecule has 1 N–H and O–H groups in total. The van der Waals surface area contributed by atoms with Crippen molar-refractivity contribution >= 4 is 17.7 Å². The number of ether oxygens (including phenoxy) is 5. The molecule has 0 spiro atoms. The van der Waals surface area contributed by atoms with Crippen molar-refractivity contribution < 1.29 is 38.1 Å². The first-order valence-corrected chi connectivity index (χ1v) is 14.3. The van der Waals surface area contributed by atoms with Crippen LogP contribution >= 0.6 is 0 Å². The van der Waals surface area contributed by atoms with Crippen LogP contribution in [0.4, 0.5) is 0 Å². The molecule has 0 unspecified atom stereocenters. The lowest BCUT2D eigenvalue weighted by atomic mass is 9.71. The molecule has 0 amide bonds. The highest BCUT2D eigenvalue weighted by Gasteiger charge is 2.41. The fourth-order valence-corrected chi connectivity index (χ4v) is 5.80. The van der Waals surface area contributed by atoms with Gasteiger partial charge in [-0.3, -0.25) is 4.79 Å². The van der Waals surface area contributed by atoms with Gasteiger partial charge in [0.1, 0.15) is 19.0 Å². The van der Waals surface area contributed by atoms with Crippen LogP contribution < -0.4 is 19.5 Å². The van der Waals surface area contributed by atoms with Crippen LogP contribution in [0.25, 0.3) is 0 Å². The number of ketones is 1. The fraction of sp³-hybridized carbons (Fsp3) is 0.286. The molecular weight excluding hydrogens is 562 g/mol. The summed E-state index contributed by atoms with van der Waals surface area (Å²) < 4.78 is 27.1. The molecular formula is C35H35NO8. The summed E-state index contributed by atoms with van der Waals surface area (Å²) in [6, 6.07) is 21.7. The van der Waals surface area contributed by atoms with Crippen molar-refractivity contribution in [2.75, 3.05) is 34.5 Å². The summed E-state index contributed by atoms with van der Waals surface area (Å²) in [5.41, 5.74) is 4.22. The highest BCUT2D eigenvalue weighted by Crippen LogP contribution is 2.46. The molecule has 0 aromatic heterocycles. The molecule has 0 radical (unpaired) electrons. The fourth-order valence-electron chi connectivity index (χ4n) is 5.80. The Hall–Kier alpha value is -5.05. The molecule has 9 heteroatoms. The molecule has 2 atom stereocenters. The number of nitrogens with one attached hydrogen (secondary N) is 1. The van der Waals surface area contributed by atoms with Crippen LogP contribution in [0.5, 0.6) is 17.2 Å². The number of esters is 2. The van der Waals surface area contributed by atoms with Crippen molar-refractivity contribution in [1.82, 2.24) is 5.32 Å². The van der Waals surface area contributed by atoms with E-state index in [1.165, 1.54) is 7.11 Å². The van der Waals surface area contributed by atoms with E-state index >= 15 is 0 Å². The third kappa shape index (κ3) is 6.32. The predicted octanol–water partition coefficient (Wildman–Crippen LogP) is 5.47. The SMILES string of the molecule is COC(=O)c1ccc([C@@H]2C(C(=O)OCCOc3ccccc3)=C(C)NC3=C2C(=O)C[C@@H](c2ccc(OC)c(OC)c2)C3)cc1. The van der Waals surface area contributed by atoms with Crippen LogP contribution in [0.15, 0.2) is 95.3 Å². The van der Waals surface area contributed by atoms with Gasteiger partial charge in [-0.1, -0.05) is 36.4 Å². The van der Waals surface area contributed by atoms with Gasteiger partial charge >= 0.3 is 11.9 Å². The van der Waals surface area contributed by atoms with Crippen LogP contribution in [-0.2, 0) is 19.1 Å². The highest BCUT2D eigenvalue weighted by atomic mass is 16.6. The van der Waals surface area contributed by atoms with E-state index in [1.807, 2.05) is 48.5 Å². The van der Waals surface area contributed by atoms with Crippen molar-refractivity contribution in [3.63, 3.8) is 0 Å². The third-order valence-corrected chi connectivity index (χ3v) is 7.92. The number of benzene rings is 3. The smallest absolute Gasteiger partial charge is 0.337 e.